The lowest BCUT2D eigenvalue weighted by Crippen LogP contribution is -2.32. The van der Waals surface area contributed by atoms with Gasteiger partial charge >= 0.3 is 0 Å². The largest absolute Gasteiger partial charge is 0.495 e. The first kappa shape index (κ1) is 15.1. The Morgan fingerprint density at radius 1 is 1.35 bits per heavy atom. The maximum absolute atomic E-state index is 11.9. The Labute approximate surface area is 125 Å². The molecule has 0 bridgehead atoms. The van der Waals surface area contributed by atoms with Crippen LogP contribution in [0.1, 0.15) is 25.7 Å². The average molecular weight is 297 g/mol. The molecule has 4 nitrogen and oxygen atoms in total. The molecular weight excluding hydrogens is 276 g/mol. The van der Waals surface area contributed by atoms with E-state index in [1.165, 1.54) is 19.3 Å². The molecule has 1 saturated heterocycles. The highest BCUT2D eigenvalue weighted by Gasteiger charge is 2.12. The monoisotopic (exact) mass is 296 g/mol. The van der Waals surface area contributed by atoms with Crippen LogP contribution in [0.25, 0.3) is 0 Å². The number of nitrogens with zero attached hydrogens (tertiary/aromatic N) is 1. The molecule has 0 atom stereocenters. The first-order valence-corrected chi connectivity index (χ1v) is 7.42. The van der Waals surface area contributed by atoms with Gasteiger partial charge in [0, 0.05) is 18.7 Å². The number of nitrogens with one attached hydrogen (secondary N) is 1. The predicted molar refractivity (Wildman–Crippen MR) is 81.5 cm³/mol. The second kappa shape index (κ2) is 7.50. The van der Waals surface area contributed by atoms with Crippen LogP contribution in [0, 0.1) is 0 Å². The van der Waals surface area contributed by atoms with Gasteiger partial charge in [0.15, 0.2) is 0 Å². The van der Waals surface area contributed by atoms with Crippen molar-refractivity contribution in [3.8, 4) is 5.75 Å². The Balaban J connectivity index is 1.80. The Hall–Kier alpha value is -1.26. The number of benzene rings is 1. The predicted octanol–water partition coefficient (Wildman–Crippen LogP) is 3.16. The molecule has 0 aromatic heterocycles. The summed E-state index contributed by atoms with van der Waals surface area (Å²) in [5.74, 6) is 0.634. The summed E-state index contributed by atoms with van der Waals surface area (Å²) in [6, 6.07) is 5.26. The normalized spacial score (nSPS) is 15.9. The molecule has 1 aliphatic rings. The Morgan fingerprint density at radius 2 is 2.10 bits per heavy atom. The van der Waals surface area contributed by atoms with E-state index in [4.69, 9.17) is 16.3 Å². The Morgan fingerprint density at radius 3 is 2.75 bits per heavy atom. The van der Waals surface area contributed by atoms with E-state index in [1.807, 2.05) is 0 Å². The highest BCUT2D eigenvalue weighted by atomic mass is 35.5. The third kappa shape index (κ3) is 4.39. The molecule has 5 heteroatoms. The summed E-state index contributed by atoms with van der Waals surface area (Å²) in [6.07, 6.45) is 4.32. The molecule has 0 aliphatic carbocycles. The summed E-state index contributed by atoms with van der Waals surface area (Å²) in [5, 5.41) is 3.37. The van der Waals surface area contributed by atoms with E-state index >= 15 is 0 Å². The molecule has 1 fully saturated rings. The van der Waals surface area contributed by atoms with Gasteiger partial charge in [-0.2, -0.15) is 0 Å². The van der Waals surface area contributed by atoms with Crippen LogP contribution in [0.15, 0.2) is 18.2 Å². The minimum absolute atomic E-state index is 0.0248. The summed E-state index contributed by atoms with van der Waals surface area (Å²) >= 11 is 6.03. The zero-order chi connectivity index (χ0) is 14.4. The highest BCUT2D eigenvalue weighted by molar-refractivity contribution is 6.32. The van der Waals surface area contributed by atoms with Gasteiger partial charge in [0.25, 0.3) is 0 Å². The number of anilines is 1. The fraction of sp³-hybridized carbons (Fsp3) is 0.533. The third-order valence-electron chi connectivity index (χ3n) is 3.54. The molecule has 0 radical (unpaired) electrons. The van der Waals surface area contributed by atoms with Crippen LogP contribution in [-0.4, -0.2) is 37.6 Å². The minimum atomic E-state index is 0.0248. The minimum Gasteiger partial charge on any atom is -0.495 e. The fourth-order valence-electron chi connectivity index (χ4n) is 2.41. The Kier molecular flexibility index (Phi) is 5.68. The third-order valence-corrected chi connectivity index (χ3v) is 3.83. The van der Waals surface area contributed by atoms with Crippen LogP contribution >= 0.6 is 11.6 Å². The summed E-state index contributed by atoms with van der Waals surface area (Å²) in [5.41, 5.74) is 0.708. The molecule has 20 heavy (non-hydrogen) atoms. The van der Waals surface area contributed by atoms with Gasteiger partial charge in [0.2, 0.25) is 5.91 Å². The maximum atomic E-state index is 11.9. The summed E-state index contributed by atoms with van der Waals surface area (Å²) < 4.78 is 5.08. The summed E-state index contributed by atoms with van der Waals surface area (Å²) in [7, 11) is 1.57. The van der Waals surface area contributed by atoms with Gasteiger partial charge in [0.05, 0.1) is 12.1 Å². The average Bonchev–Trinajstić information content (AvgIpc) is 2.46. The molecule has 2 rings (SSSR count). The number of methoxy groups -OCH3 is 1. The second-order valence-corrected chi connectivity index (χ2v) is 5.46. The van der Waals surface area contributed by atoms with Gasteiger partial charge < -0.3 is 15.0 Å². The summed E-state index contributed by atoms with van der Waals surface area (Å²) in [6.45, 7) is 3.05. The van der Waals surface area contributed by atoms with Gasteiger partial charge in [0.1, 0.15) is 5.75 Å². The molecular formula is C15H21ClN2O2. The van der Waals surface area contributed by atoms with E-state index in [9.17, 15) is 4.79 Å². The van der Waals surface area contributed by atoms with Crippen molar-refractivity contribution in [3.63, 3.8) is 0 Å². The fourth-order valence-corrected chi connectivity index (χ4v) is 2.67. The molecule has 0 saturated carbocycles. The van der Waals surface area contributed by atoms with Gasteiger partial charge in [-0.1, -0.05) is 18.0 Å². The number of hydrogen-bond donors (Lipinski definition) is 1. The van der Waals surface area contributed by atoms with E-state index in [2.05, 4.69) is 10.2 Å². The number of hydrogen-bond acceptors (Lipinski definition) is 3. The van der Waals surface area contributed by atoms with Crippen molar-refractivity contribution in [3.05, 3.63) is 23.2 Å². The van der Waals surface area contributed by atoms with E-state index < -0.39 is 0 Å². The first-order chi connectivity index (χ1) is 9.69. The van der Waals surface area contributed by atoms with E-state index in [-0.39, 0.29) is 5.91 Å². The number of likely N-dealkylation sites (tertiary alicyclic amines) is 1. The highest BCUT2D eigenvalue weighted by Crippen LogP contribution is 2.27. The molecule has 1 aromatic rings. The molecule has 0 unspecified atom stereocenters. The lowest BCUT2D eigenvalue weighted by molar-refractivity contribution is -0.116. The van der Waals surface area contributed by atoms with Gasteiger partial charge in [-0.05, 0) is 44.1 Å². The molecule has 1 aliphatic heterocycles. The van der Waals surface area contributed by atoms with Crippen LogP contribution in [0.4, 0.5) is 5.69 Å². The lowest BCUT2D eigenvalue weighted by Gasteiger charge is -2.25. The number of halogens is 1. The van der Waals surface area contributed by atoms with Crippen molar-refractivity contribution < 1.29 is 9.53 Å². The lowest BCUT2D eigenvalue weighted by atomic mass is 10.1. The maximum Gasteiger partial charge on any atom is 0.225 e. The zero-order valence-corrected chi connectivity index (χ0v) is 12.6. The number of carbonyl (C=O) groups is 1. The van der Waals surface area contributed by atoms with Crippen molar-refractivity contribution in [1.29, 1.82) is 0 Å². The topological polar surface area (TPSA) is 41.6 Å². The second-order valence-electron chi connectivity index (χ2n) is 5.05. The molecule has 1 amide bonds. The van der Waals surface area contributed by atoms with Crippen molar-refractivity contribution in [2.75, 3.05) is 32.1 Å². The van der Waals surface area contributed by atoms with Crippen LogP contribution < -0.4 is 10.1 Å². The van der Waals surface area contributed by atoms with Gasteiger partial charge in [-0.15, -0.1) is 0 Å². The van der Waals surface area contributed by atoms with Crippen LogP contribution in [0.5, 0.6) is 5.75 Å². The molecule has 0 spiro atoms. The van der Waals surface area contributed by atoms with E-state index in [0.29, 0.717) is 22.9 Å². The summed E-state index contributed by atoms with van der Waals surface area (Å²) in [4.78, 5) is 14.3. The Bertz CT molecular complexity index is 459. The smallest absolute Gasteiger partial charge is 0.225 e. The van der Waals surface area contributed by atoms with E-state index in [1.54, 1.807) is 25.3 Å². The quantitative estimate of drug-likeness (QED) is 0.907. The van der Waals surface area contributed by atoms with Crippen LogP contribution in [-0.2, 0) is 4.79 Å². The first-order valence-electron chi connectivity index (χ1n) is 7.05. The number of piperidine rings is 1. The van der Waals surface area contributed by atoms with Crippen molar-refractivity contribution in [2.45, 2.75) is 25.7 Å². The molecule has 1 N–H and O–H groups in total. The number of amides is 1. The number of carbonyl (C=O) groups excluding carboxylic acids is 1. The zero-order valence-electron chi connectivity index (χ0n) is 11.8. The molecule has 110 valence electrons. The van der Waals surface area contributed by atoms with Gasteiger partial charge in [-0.25, -0.2) is 0 Å². The molecule has 1 aromatic carbocycles. The standard InChI is InChI=1S/C15H21ClN2O2/c1-20-14-6-5-12(11-13(14)16)17-15(19)7-10-18-8-3-2-4-9-18/h5-6,11H,2-4,7-10H2,1H3,(H,17,19). The number of rotatable bonds is 5. The van der Waals surface area contributed by atoms with Crippen molar-refractivity contribution in [1.82, 2.24) is 4.90 Å². The van der Waals surface area contributed by atoms with E-state index in [0.717, 1.165) is 19.6 Å². The molecule has 1 heterocycles. The number of ether oxygens (including phenoxy) is 1. The van der Waals surface area contributed by atoms with Crippen molar-refractivity contribution >= 4 is 23.2 Å². The van der Waals surface area contributed by atoms with Crippen LogP contribution in [0.3, 0.4) is 0 Å². The van der Waals surface area contributed by atoms with Crippen LogP contribution in [0.2, 0.25) is 5.02 Å². The SMILES string of the molecule is COc1ccc(NC(=O)CCN2CCCCC2)cc1Cl. The van der Waals surface area contributed by atoms with Gasteiger partial charge in [-0.3, -0.25) is 4.79 Å². The van der Waals surface area contributed by atoms with Crippen molar-refractivity contribution in [2.24, 2.45) is 0 Å².